The zero-order valence-electron chi connectivity index (χ0n) is 15.0. The number of carbonyl (C=O) groups is 1. The Hall–Kier alpha value is -1.86. The fourth-order valence-corrected chi connectivity index (χ4v) is 4.65. The van der Waals surface area contributed by atoms with Crippen LogP contribution in [0.25, 0.3) is 6.08 Å². The molecule has 1 N–H and O–H groups in total. The Bertz CT molecular complexity index is 720. The molecular weight excluding hydrogens is 350 g/mol. The highest BCUT2D eigenvalue weighted by molar-refractivity contribution is 7.92. The van der Waals surface area contributed by atoms with E-state index in [2.05, 4.69) is 5.32 Å². The number of carbonyl (C=O) groups excluding carboxylic acids is 1. The maximum absolute atomic E-state index is 12.5. The Balaban J connectivity index is 1.50. The van der Waals surface area contributed by atoms with Gasteiger partial charge in [0.05, 0.1) is 0 Å². The van der Waals surface area contributed by atoms with Crippen LogP contribution in [0.1, 0.15) is 37.7 Å². The van der Waals surface area contributed by atoms with Crippen LogP contribution in [0.5, 0.6) is 0 Å². The summed E-state index contributed by atoms with van der Waals surface area (Å²) in [4.78, 5) is 14.1. The second-order valence-corrected chi connectivity index (χ2v) is 8.75. The molecule has 1 aromatic carbocycles. The third-order valence-corrected chi connectivity index (χ3v) is 6.62. The van der Waals surface area contributed by atoms with Crippen LogP contribution in [0.3, 0.4) is 0 Å². The van der Waals surface area contributed by atoms with E-state index in [0.717, 1.165) is 18.4 Å². The van der Waals surface area contributed by atoms with Gasteiger partial charge in [-0.15, -0.1) is 0 Å². The predicted octanol–water partition coefficient (Wildman–Crippen LogP) is 2.65. The lowest BCUT2D eigenvalue weighted by atomic mass is 9.96. The first-order chi connectivity index (χ1) is 12.5. The maximum Gasteiger partial charge on any atom is 0.317 e. The minimum absolute atomic E-state index is 0.0613. The van der Waals surface area contributed by atoms with Gasteiger partial charge < -0.3 is 10.2 Å². The molecule has 0 bridgehead atoms. The monoisotopic (exact) mass is 377 g/mol. The molecule has 0 unspecified atom stereocenters. The molecule has 2 fully saturated rings. The molecule has 2 amide bonds. The van der Waals surface area contributed by atoms with Crippen molar-refractivity contribution in [3.8, 4) is 0 Å². The van der Waals surface area contributed by atoms with Crippen LogP contribution >= 0.6 is 0 Å². The number of nitrogens with one attached hydrogen (secondary N) is 1. The quantitative estimate of drug-likeness (QED) is 0.877. The van der Waals surface area contributed by atoms with Gasteiger partial charge >= 0.3 is 6.03 Å². The smallest absolute Gasteiger partial charge is 0.317 e. The molecule has 2 aliphatic rings. The molecule has 1 aliphatic heterocycles. The maximum atomic E-state index is 12.5. The minimum Gasteiger partial charge on any atom is -0.335 e. The van der Waals surface area contributed by atoms with Gasteiger partial charge in [-0.05, 0) is 24.5 Å². The molecule has 26 heavy (non-hydrogen) atoms. The van der Waals surface area contributed by atoms with Crippen molar-refractivity contribution in [2.75, 3.05) is 26.2 Å². The van der Waals surface area contributed by atoms with Crippen molar-refractivity contribution in [3.05, 3.63) is 41.3 Å². The van der Waals surface area contributed by atoms with Crippen molar-refractivity contribution in [2.45, 2.75) is 38.1 Å². The van der Waals surface area contributed by atoms with Gasteiger partial charge in [-0.2, -0.15) is 4.31 Å². The highest BCUT2D eigenvalue weighted by Gasteiger charge is 2.28. The molecule has 0 radical (unpaired) electrons. The molecule has 1 saturated heterocycles. The van der Waals surface area contributed by atoms with Crippen molar-refractivity contribution < 1.29 is 13.2 Å². The molecule has 1 aliphatic carbocycles. The summed E-state index contributed by atoms with van der Waals surface area (Å²) in [5, 5.41) is 4.34. The van der Waals surface area contributed by atoms with Crippen LogP contribution in [0.2, 0.25) is 0 Å². The van der Waals surface area contributed by atoms with E-state index >= 15 is 0 Å². The number of nitrogens with zero attached hydrogens (tertiary/aromatic N) is 2. The summed E-state index contributed by atoms with van der Waals surface area (Å²) in [5.74, 6) is 0. The molecule has 3 rings (SSSR count). The van der Waals surface area contributed by atoms with Gasteiger partial charge in [0, 0.05) is 37.6 Å². The largest absolute Gasteiger partial charge is 0.335 e. The Morgan fingerprint density at radius 1 is 1.00 bits per heavy atom. The lowest BCUT2D eigenvalue weighted by molar-refractivity contribution is 0.166. The van der Waals surface area contributed by atoms with Crippen LogP contribution in [-0.2, 0) is 10.0 Å². The highest BCUT2D eigenvalue weighted by atomic mass is 32.2. The topological polar surface area (TPSA) is 69.7 Å². The Morgan fingerprint density at radius 3 is 2.31 bits per heavy atom. The van der Waals surface area contributed by atoms with Crippen LogP contribution < -0.4 is 5.32 Å². The van der Waals surface area contributed by atoms with Gasteiger partial charge in [-0.1, -0.05) is 49.6 Å². The van der Waals surface area contributed by atoms with E-state index in [4.69, 9.17) is 0 Å². The molecule has 7 heteroatoms. The molecule has 1 saturated carbocycles. The van der Waals surface area contributed by atoms with Crippen LogP contribution in [-0.4, -0.2) is 55.9 Å². The first-order valence-electron chi connectivity index (χ1n) is 9.33. The first-order valence-corrected chi connectivity index (χ1v) is 10.8. The zero-order chi connectivity index (χ0) is 18.4. The number of hydrogen-bond donors (Lipinski definition) is 1. The van der Waals surface area contributed by atoms with E-state index < -0.39 is 10.0 Å². The SMILES string of the molecule is O=C(NC1CCCCC1)N1CCN(S(=O)(=O)C=Cc2ccccc2)CC1. The van der Waals surface area contributed by atoms with Gasteiger partial charge in [0.25, 0.3) is 0 Å². The summed E-state index contributed by atoms with van der Waals surface area (Å²) >= 11 is 0. The first kappa shape index (κ1) is 18.9. The van der Waals surface area contributed by atoms with Crippen molar-refractivity contribution in [1.29, 1.82) is 0 Å². The van der Waals surface area contributed by atoms with E-state index in [0.29, 0.717) is 26.2 Å². The van der Waals surface area contributed by atoms with Crippen LogP contribution in [0.15, 0.2) is 35.7 Å². The van der Waals surface area contributed by atoms with E-state index in [1.54, 1.807) is 11.0 Å². The highest BCUT2D eigenvalue weighted by Crippen LogP contribution is 2.18. The molecule has 0 spiro atoms. The molecule has 1 heterocycles. The Labute approximate surface area is 155 Å². The van der Waals surface area contributed by atoms with E-state index in [1.807, 2.05) is 30.3 Å². The summed E-state index contributed by atoms with van der Waals surface area (Å²) in [7, 11) is -3.46. The third kappa shape index (κ3) is 5.08. The van der Waals surface area contributed by atoms with Gasteiger partial charge in [-0.3, -0.25) is 0 Å². The number of amides is 2. The standard InChI is InChI=1S/C19H27N3O3S/c23-19(20-18-9-5-2-6-10-18)21-12-14-22(15-13-21)26(24,25)16-11-17-7-3-1-4-8-17/h1,3-4,7-8,11,16,18H,2,5-6,9-10,12-15H2,(H,20,23). The lowest BCUT2D eigenvalue weighted by Crippen LogP contribution is -2.54. The number of piperazine rings is 1. The zero-order valence-corrected chi connectivity index (χ0v) is 15.8. The van der Waals surface area contributed by atoms with Crippen molar-refractivity contribution in [1.82, 2.24) is 14.5 Å². The average Bonchev–Trinajstić information content (AvgIpc) is 2.68. The molecule has 0 atom stereocenters. The molecular formula is C19H27N3O3S. The average molecular weight is 378 g/mol. The van der Waals surface area contributed by atoms with Crippen molar-refractivity contribution in [2.24, 2.45) is 0 Å². The third-order valence-electron chi connectivity index (χ3n) is 5.05. The fourth-order valence-electron chi connectivity index (χ4n) is 3.47. The van der Waals surface area contributed by atoms with E-state index in [-0.39, 0.29) is 12.1 Å². The predicted molar refractivity (Wildman–Crippen MR) is 103 cm³/mol. The fraction of sp³-hybridized carbons (Fsp3) is 0.526. The van der Waals surface area contributed by atoms with Gasteiger partial charge in [-0.25, -0.2) is 13.2 Å². The number of sulfonamides is 1. The van der Waals surface area contributed by atoms with Crippen molar-refractivity contribution in [3.63, 3.8) is 0 Å². The minimum atomic E-state index is -3.46. The normalized spacial score (nSPS) is 20.4. The molecule has 142 valence electrons. The Morgan fingerprint density at radius 2 is 1.65 bits per heavy atom. The van der Waals surface area contributed by atoms with Gasteiger partial charge in [0.15, 0.2) is 0 Å². The van der Waals surface area contributed by atoms with Gasteiger partial charge in [0.1, 0.15) is 0 Å². The van der Waals surface area contributed by atoms with Crippen LogP contribution in [0.4, 0.5) is 4.79 Å². The summed E-state index contributed by atoms with van der Waals surface area (Å²) in [6.45, 7) is 1.52. The molecule has 0 aromatic heterocycles. The summed E-state index contributed by atoms with van der Waals surface area (Å²) < 4.78 is 26.4. The number of rotatable bonds is 4. The second kappa shape index (κ2) is 8.68. The van der Waals surface area contributed by atoms with Gasteiger partial charge in [0.2, 0.25) is 10.0 Å². The molecule has 1 aromatic rings. The molecule has 6 nitrogen and oxygen atoms in total. The number of benzene rings is 1. The van der Waals surface area contributed by atoms with Crippen LogP contribution in [0, 0.1) is 0 Å². The summed E-state index contributed by atoms with van der Waals surface area (Å²) in [6, 6.07) is 9.56. The van der Waals surface area contributed by atoms with E-state index in [9.17, 15) is 13.2 Å². The Kier molecular flexibility index (Phi) is 6.32. The number of urea groups is 1. The second-order valence-electron chi connectivity index (χ2n) is 6.93. The number of hydrogen-bond acceptors (Lipinski definition) is 3. The summed E-state index contributed by atoms with van der Waals surface area (Å²) in [5.41, 5.74) is 0.849. The lowest BCUT2D eigenvalue weighted by Gasteiger charge is -2.34. The summed E-state index contributed by atoms with van der Waals surface area (Å²) in [6.07, 6.45) is 7.29. The van der Waals surface area contributed by atoms with E-state index in [1.165, 1.54) is 29.0 Å². The van der Waals surface area contributed by atoms with Crippen molar-refractivity contribution >= 4 is 22.1 Å².